The second-order valence-corrected chi connectivity index (χ2v) is 8.33. The predicted octanol–water partition coefficient (Wildman–Crippen LogP) is 3.14. The number of aliphatic hydroxyl groups is 1. The van der Waals surface area contributed by atoms with Gasteiger partial charge in [0.1, 0.15) is 36.2 Å². The molecule has 12 heteroatoms. The summed E-state index contributed by atoms with van der Waals surface area (Å²) >= 11 is 5.62. The number of carbonyl (C=O) groups is 1. The van der Waals surface area contributed by atoms with Crippen molar-refractivity contribution >= 4 is 18.2 Å². The first-order valence-corrected chi connectivity index (χ1v) is 11.0. The quantitative estimate of drug-likeness (QED) is 0.293. The van der Waals surface area contributed by atoms with Gasteiger partial charge in [-0.15, -0.1) is 0 Å². The number of esters is 1. The fourth-order valence-electron chi connectivity index (χ4n) is 3.82. The molecular formula is C23H22F2N6O3S. The number of hydrogen-bond donors (Lipinski definition) is 1. The number of nitrogens with zero attached hydrogens (tertiary/aromatic N) is 6. The molecule has 2 heterocycles. The third-order valence-corrected chi connectivity index (χ3v) is 6.19. The largest absolute Gasteiger partial charge is 0.469 e. The van der Waals surface area contributed by atoms with Crippen LogP contribution in [0.15, 0.2) is 61.4 Å². The van der Waals surface area contributed by atoms with E-state index in [1.165, 1.54) is 41.5 Å². The number of aromatic nitrogens is 6. The molecular weight excluding hydrogens is 478 g/mol. The van der Waals surface area contributed by atoms with E-state index >= 15 is 0 Å². The molecule has 35 heavy (non-hydrogen) atoms. The smallest absolute Gasteiger partial charge is 0.309 e. The minimum absolute atomic E-state index is 0.134. The summed E-state index contributed by atoms with van der Waals surface area (Å²) in [4.78, 5) is 15.4. The summed E-state index contributed by atoms with van der Waals surface area (Å²) in [6.07, 6.45) is 4.28. The molecule has 4 rings (SSSR count). The summed E-state index contributed by atoms with van der Waals surface area (Å²) in [5.41, 5.74) is -0.602. The molecule has 0 spiro atoms. The molecule has 0 aliphatic rings. The van der Waals surface area contributed by atoms with Crippen LogP contribution in [0.1, 0.15) is 24.1 Å². The molecule has 0 radical (unpaired) electrons. The average molecular weight is 501 g/mol. The Morgan fingerprint density at radius 2 is 1.91 bits per heavy atom. The molecule has 9 nitrogen and oxygen atoms in total. The zero-order valence-corrected chi connectivity index (χ0v) is 19.7. The van der Waals surface area contributed by atoms with Crippen molar-refractivity contribution in [2.75, 3.05) is 7.11 Å². The van der Waals surface area contributed by atoms with Crippen molar-refractivity contribution in [3.63, 3.8) is 0 Å². The third kappa shape index (κ3) is 4.88. The lowest BCUT2D eigenvalue weighted by Crippen LogP contribution is -2.41. The highest BCUT2D eigenvalue weighted by Crippen LogP contribution is 2.36. The van der Waals surface area contributed by atoms with Crippen LogP contribution in [0.3, 0.4) is 0 Å². The van der Waals surface area contributed by atoms with Gasteiger partial charge in [0.2, 0.25) is 4.77 Å². The minimum atomic E-state index is -1.91. The maximum absolute atomic E-state index is 14.8. The van der Waals surface area contributed by atoms with Crippen molar-refractivity contribution < 1.29 is 23.4 Å². The number of ether oxygens (including phenoxy) is 1. The summed E-state index contributed by atoms with van der Waals surface area (Å²) in [5.74, 6) is -2.03. The Morgan fingerprint density at radius 1 is 1.17 bits per heavy atom. The third-order valence-electron chi connectivity index (χ3n) is 5.81. The first-order valence-electron chi connectivity index (χ1n) is 10.6. The number of halogens is 2. The maximum Gasteiger partial charge on any atom is 0.309 e. The Labute approximate surface area is 204 Å². The highest BCUT2D eigenvalue weighted by atomic mass is 32.1. The molecule has 0 saturated heterocycles. The van der Waals surface area contributed by atoms with E-state index in [4.69, 9.17) is 12.2 Å². The van der Waals surface area contributed by atoms with Gasteiger partial charge in [-0.25, -0.2) is 23.1 Å². The van der Waals surface area contributed by atoms with E-state index < -0.39 is 23.3 Å². The molecule has 0 saturated carbocycles. The molecule has 0 aliphatic carbocycles. The van der Waals surface area contributed by atoms with Crippen LogP contribution in [0.4, 0.5) is 8.78 Å². The summed E-state index contributed by atoms with van der Waals surface area (Å²) in [6, 6.07) is 9.16. The van der Waals surface area contributed by atoms with Crippen molar-refractivity contribution in [1.82, 2.24) is 29.1 Å². The van der Waals surface area contributed by atoms with Gasteiger partial charge in [0, 0.05) is 17.3 Å². The van der Waals surface area contributed by atoms with E-state index in [2.05, 4.69) is 19.9 Å². The van der Waals surface area contributed by atoms with E-state index in [0.717, 1.165) is 11.6 Å². The molecule has 0 amide bonds. The number of benzene rings is 2. The van der Waals surface area contributed by atoms with Gasteiger partial charge < -0.3 is 9.84 Å². The SMILES string of the molecule is COC(=O)Cc1ccc(-n2cnn([C@H](C)[C@](O)(Cn3cncn3)c3ccc(F)cc3F)c2=S)cc1. The first kappa shape index (κ1) is 24.4. The molecule has 0 bridgehead atoms. The summed E-state index contributed by atoms with van der Waals surface area (Å²) < 4.78 is 37.7. The van der Waals surface area contributed by atoms with Gasteiger partial charge >= 0.3 is 5.97 Å². The Bertz CT molecular complexity index is 1390. The lowest BCUT2D eigenvalue weighted by Gasteiger charge is -2.34. The van der Waals surface area contributed by atoms with Crippen LogP contribution in [-0.4, -0.2) is 47.3 Å². The predicted molar refractivity (Wildman–Crippen MR) is 123 cm³/mol. The van der Waals surface area contributed by atoms with Crippen molar-refractivity contribution in [2.45, 2.75) is 31.5 Å². The molecule has 4 aromatic rings. The molecule has 1 N–H and O–H groups in total. The van der Waals surface area contributed by atoms with Gasteiger partial charge in [0.15, 0.2) is 0 Å². The summed E-state index contributed by atoms with van der Waals surface area (Å²) in [7, 11) is 1.33. The minimum Gasteiger partial charge on any atom is -0.469 e. The lowest BCUT2D eigenvalue weighted by atomic mass is 9.86. The van der Waals surface area contributed by atoms with E-state index in [0.29, 0.717) is 11.8 Å². The van der Waals surface area contributed by atoms with Crippen LogP contribution < -0.4 is 0 Å². The topological polar surface area (TPSA) is 100.0 Å². The molecule has 2 atom stereocenters. The van der Waals surface area contributed by atoms with Gasteiger partial charge in [-0.3, -0.25) is 9.36 Å². The Kier molecular flexibility index (Phi) is 6.85. The van der Waals surface area contributed by atoms with Gasteiger partial charge in [-0.05, 0) is 42.9 Å². The van der Waals surface area contributed by atoms with Crippen molar-refractivity contribution in [1.29, 1.82) is 0 Å². The van der Waals surface area contributed by atoms with Crippen LogP contribution in [-0.2, 0) is 28.1 Å². The van der Waals surface area contributed by atoms with Gasteiger partial charge in [-0.2, -0.15) is 10.2 Å². The van der Waals surface area contributed by atoms with Crippen molar-refractivity contribution in [3.8, 4) is 5.69 Å². The zero-order chi connectivity index (χ0) is 25.2. The van der Waals surface area contributed by atoms with Gasteiger partial charge in [0.25, 0.3) is 0 Å². The van der Waals surface area contributed by atoms with Crippen LogP contribution in [0, 0.1) is 16.4 Å². The van der Waals surface area contributed by atoms with Crippen molar-refractivity contribution in [3.05, 3.63) is 89.0 Å². The second kappa shape index (κ2) is 9.84. The average Bonchev–Trinajstić information content (AvgIpc) is 3.48. The molecule has 2 aromatic carbocycles. The number of hydrogen-bond acceptors (Lipinski definition) is 7. The van der Waals surface area contributed by atoms with Gasteiger partial charge in [0.05, 0.1) is 26.1 Å². The van der Waals surface area contributed by atoms with E-state index in [9.17, 15) is 18.7 Å². The zero-order valence-electron chi connectivity index (χ0n) is 18.9. The Morgan fingerprint density at radius 3 is 2.54 bits per heavy atom. The molecule has 0 aliphatic heterocycles. The number of carbonyl (C=O) groups excluding carboxylic acids is 1. The highest BCUT2D eigenvalue weighted by Gasteiger charge is 2.41. The maximum atomic E-state index is 14.8. The van der Waals surface area contributed by atoms with E-state index in [-0.39, 0.29) is 29.3 Å². The van der Waals surface area contributed by atoms with E-state index in [1.807, 2.05) is 0 Å². The monoisotopic (exact) mass is 500 g/mol. The number of methoxy groups -OCH3 is 1. The Balaban J connectivity index is 1.71. The summed E-state index contributed by atoms with van der Waals surface area (Å²) in [6.45, 7) is 1.44. The molecule has 0 unspecified atom stereocenters. The molecule has 0 fully saturated rings. The summed E-state index contributed by atoms with van der Waals surface area (Å²) in [5, 5.41) is 20.1. The fraction of sp³-hybridized carbons (Fsp3) is 0.261. The van der Waals surface area contributed by atoms with Crippen LogP contribution in [0.25, 0.3) is 5.69 Å². The highest BCUT2D eigenvalue weighted by molar-refractivity contribution is 7.71. The first-order chi connectivity index (χ1) is 16.7. The van der Waals surface area contributed by atoms with Crippen LogP contribution in [0.2, 0.25) is 0 Å². The lowest BCUT2D eigenvalue weighted by molar-refractivity contribution is -0.139. The van der Waals surface area contributed by atoms with Gasteiger partial charge in [-0.1, -0.05) is 18.2 Å². The Hall–Kier alpha value is -3.77. The molecule has 182 valence electrons. The van der Waals surface area contributed by atoms with E-state index in [1.54, 1.807) is 35.8 Å². The number of rotatable bonds is 8. The normalized spacial score (nSPS) is 13.9. The fourth-order valence-corrected chi connectivity index (χ4v) is 4.18. The van der Waals surface area contributed by atoms with Crippen LogP contribution in [0.5, 0.6) is 0 Å². The standard InChI is InChI=1S/C23H22F2N6O3S/c1-15(23(33,11-29-13-26-12-27-29)19-8-5-17(24)10-20(19)25)31-22(35)30(14-28-31)18-6-3-16(4-7-18)9-21(32)34-2/h3-8,10,12-15,33H,9,11H2,1-2H3/t15-,23-/m1/s1. The second-order valence-electron chi connectivity index (χ2n) is 7.96. The van der Waals surface area contributed by atoms with Crippen LogP contribution >= 0.6 is 12.2 Å². The molecule has 2 aromatic heterocycles. The van der Waals surface area contributed by atoms with Crippen molar-refractivity contribution in [2.24, 2.45) is 0 Å².